The van der Waals surface area contributed by atoms with Crippen LogP contribution in [0, 0.1) is 17.2 Å². The second-order valence-corrected chi connectivity index (χ2v) is 6.24. The van der Waals surface area contributed by atoms with Gasteiger partial charge >= 0.3 is 0 Å². The molecule has 4 nitrogen and oxygen atoms in total. The van der Waals surface area contributed by atoms with Gasteiger partial charge in [-0.15, -0.1) is 0 Å². The lowest BCUT2D eigenvalue weighted by Crippen LogP contribution is -2.65. The quantitative estimate of drug-likeness (QED) is 0.766. The number of hydrogen-bond donors (Lipinski definition) is 0. The fourth-order valence-corrected chi connectivity index (χ4v) is 2.35. The maximum atomic E-state index is 12.3. The second-order valence-electron chi connectivity index (χ2n) is 6.24. The number of nitrogens with zero attached hydrogens (tertiary/aromatic N) is 3. The Hall–Kier alpha value is -1.08. The van der Waals surface area contributed by atoms with Crippen LogP contribution in [-0.4, -0.2) is 47.4 Å². The zero-order chi connectivity index (χ0) is 13.9. The molecule has 1 aliphatic heterocycles. The maximum absolute atomic E-state index is 12.3. The van der Waals surface area contributed by atoms with E-state index in [1.54, 1.807) is 4.90 Å². The zero-order valence-corrected chi connectivity index (χ0v) is 12.2. The van der Waals surface area contributed by atoms with Gasteiger partial charge in [-0.3, -0.25) is 9.69 Å². The largest absolute Gasteiger partial charge is 0.338 e. The molecule has 1 aliphatic rings. The summed E-state index contributed by atoms with van der Waals surface area (Å²) >= 11 is 0. The molecule has 102 valence electrons. The van der Waals surface area contributed by atoms with Crippen LogP contribution in [0.2, 0.25) is 0 Å². The van der Waals surface area contributed by atoms with Gasteiger partial charge in [0.05, 0.1) is 12.5 Å². The van der Waals surface area contributed by atoms with E-state index in [4.69, 9.17) is 5.26 Å². The van der Waals surface area contributed by atoms with Gasteiger partial charge in [-0.25, -0.2) is 0 Å². The molecule has 1 heterocycles. The predicted molar refractivity (Wildman–Crippen MR) is 71.9 cm³/mol. The summed E-state index contributed by atoms with van der Waals surface area (Å²) < 4.78 is 0. The lowest BCUT2D eigenvalue weighted by molar-refractivity contribution is -0.149. The fraction of sp³-hybridized carbons (Fsp3) is 0.857. The molecular weight excluding hydrogens is 226 g/mol. The first-order valence-electron chi connectivity index (χ1n) is 6.68. The minimum absolute atomic E-state index is 0.0801. The number of carbonyl (C=O) groups is 1. The molecular formula is C14H25N3O. The average Bonchev–Trinajstić information content (AvgIpc) is 2.28. The summed E-state index contributed by atoms with van der Waals surface area (Å²) in [5.74, 6) is 0.696. The molecule has 1 unspecified atom stereocenters. The number of hydrogen-bond acceptors (Lipinski definition) is 3. The standard InChI is InChI=1S/C14H25N3O/c1-11(2)7-9-17-10-14(3,4)16(5)13(18)12(17)6-8-15/h11-12H,6-7,9-10H2,1-5H3. The maximum Gasteiger partial charge on any atom is 0.241 e. The van der Waals surface area contributed by atoms with Crippen molar-refractivity contribution in [1.29, 1.82) is 5.26 Å². The van der Waals surface area contributed by atoms with Crippen LogP contribution < -0.4 is 0 Å². The molecule has 18 heavy (non-hydrogen) atoms. The number of carbonyl (C=O) groups excluding carboxylic acids is 1. The normalized spacial score (nSPS) is 24.4. The number of piperazine rings is 1. The van der Waals surface area contributed by atoms with Gasteiger partial charge in [0.1, 0.15) is 6.04 Å². The van der Waals surface area contributed by atoms with E-state index in [1.165, 1.54) is 0 Å². The highest BCUT2D eigenvalue weighted by Crippen LogP contribution is 2.25. The average molecular weight is 251 g/mol. The van der Waals surface area contributed by atoms with Crippen molar-refractivity contribution in [3.8, 4) is 6.07 Å². The Morgan fingerprint density at radius 1 is 1.50 bits per heavy atom. The van der Waals surface area contributed by atoms with E-state index >= 15 is 0 Å². The number of likely N-dealkylation sites (N-methyl/N-ethyl adjacent to an activating group) is 1. The molecule has 4 heteroatoms. The molecule has 0 saturated carbocycles. The molecule has 0 bridgehead atoms. The summed E-state index contributed by atoms with van der Waals surface area (Å²) in [6.45, 7) is 10.3. The van der Waals surface area contributed by atoms with Crippen molar-refractivity contribution in [2.24, 2.45) is 5.92 Å². The molecule has 1 atom stereocenters. The van der Waals surface area contributed by atoms with Gasteiger partial charge < -0.3 is 4.90 Å². The van der Waals surface area contributed by atoms with Gasteiger partial charge in [0, 0.05) is 19.1 Å². The van der Waals surface area contributed by atoms with Gasteiger partial charge in [0.15, 0.2) is 0 Å². The molecule has 0 aromatic rings. The third kappa shape index (κ3) is 3.23. The molecule has 0 radical (unpaired) electrons. The van der Waals surface area contributed by atoms with Crippen LogP contribution in [-0.2, 0) is 4.79 Å². The highest BCUT2D eigenvalue weighted by molar-refractivity contribution is 5.83. The number of nitriles is 1. The smallest absolute Gasteiger partial charge is 0.241 e. The third-order valence-corrected chi connectivity index (χ3v) is 3.83. The van der Waals surface area contributed by atoms with Crippen molar-refractivity contribution in [1.82, 2.24) is 9.80 Å². The monoisotopic (exact) mass is 251 g/mol. The highest BCUT2D eigenvalue weighted by atomic mass is 16.2. The van der Waals surface area contributed by atoms with E-state index in [0.29, 0.717) is 5.92 Å². The molecule has 0 aromatic heterocycles. The van der Waals surface area contributed by atoms with Crippen molar-refractivity contribution in [2.45, 2.75) is 52.1 Å². The SMILES string of the molecule is CC(C)CCN1CC(C)(C)N(C)C(=O)C1CC#N. The highest BCUT2D eigenvalue weighted by Gasteiger charge is 2.42. The van der Waals surface area contributed by atoms with E-state index in [0.717, 1.165) is 19.5 Å². The van der Waals surface area contributed by atoms with Crippen LogP contribution in [0.25, 0.3) is 0 Å². The van der Waals surface area contributed by atoms with Crippen LogP contribution in [0.1, 0.15) is 40.5 Å². The molecule has 0 aliphatic carbocycles. The van der Waals surface area contributed by atoms with E-state index in [-0.39, 0.29) is 23.9 Å². The van der Waals surface area contributed by atoms with Crippen LogP contribution in [0.4, 0.5) is 0 Å². The molecule has 1 amide bonds. The molecule has 0 N–H and O–H groups in total. The van der Waals surface area contributed by atoms with Gasteiger partial charge in [-0.2, -0.15) is 5.26 Å². The Kier molecular flexibility index (Phi) is 4.75. The Morgan fingerprint density at radius 2 is 2.11 bits per heavy atom. The van der Waals surface area contributed by atoms with E-state index in [9.17, 15) is 4.79 Å². The van der Waals surface area contributed by atoms with Crippen LogP contribution in [0.5, 0.6) is 0 Å². The zero-order valence-electron chi connectivity index (χ0n) is 12.2. The van der Waals surface area contributed by atoms with Gasteiger partial charge in [-0.05, 0) is 32.7 Å². The Balaban J connectivity index is 2.83. The molecule has 0 spiro atoms. The number of rotatable bonds is 4. The summed E-state index contributed by atoms with van der Waals surface area (Å²) in [5.41, 5.74) is -0.153. The number of amides is 1. The summed E-state index contributed by atoms with van der Waals surface area (Å²) in [4.78, 5) is 16.3. The minimum atomic E-state index is -0.258. The molecule has 1 rings (SSSR count). The van der Waals surface area contributed by atoms with E-state index in [2.05, 4.69) is 38.7 Å². The first-order valence-corrected chi connectivity index (χ1v) is 6.68. The van der Waals surface area contributed by atoms with Gasteiger partial charge in [0.25, 0.3) is 0 Å². The third-order valence-electron chi connectivity index (χ3n) is 3.83. The van der Waals surface area contributed by atoms with Crippen LogP contribution >= 0.6 is 0 Å². The van der Waals surface area contributed by atoms with Gasteiger partial charge in [-0.1, -0.05) is 13.8 Å². The minimum Gasteiger partial charge on any atom is -0.338 e. The lowest BCUT2D eigenvalue weighted by atomic mass is 9.94. The Bertz CT molecular complexity index is 343. The van der Waals surface area contributed by atoms with E-state index in [1.807, 2.05) is 7.05 Å². The van der Waals surface area contributed by atoms with Crippen molar-refractivity contribution in [2.75, 3.05) is 20.1 Å². The molecule has 0 aromatic carbocycles. The fourth-order valence-electron chi connectivity index (χ4n) is 2.35. The first-order chi connectivity index (χ1) is 8.29. The van der Waals surface area contributed by atoms with Crippen molar-refractivity contribution >= 4 is 5.91 Å². The topological polar surface area (TPSA) is 47.3 Å². The van der Waals surface area contributed by atoms with Crippen molar-refractivity contribution < 1.29 is 4.79 Å². The van der Waals surface area contributed by atoms with Crippen molar-refractivity contribution in [3.05, 3.63) is 0 Å². The first kappa shape index (κ1) is 15.0. The van der Waals surface area contributed by atoms with Crippen LogP contribution in [0.15, 0.2) is 0 Å². The van der Waals surface area contributed by atoms with E-state index < -0.39 is 0 Å². The predicted octanol–water partition coefficient (Wildman–Crippen LogP) is 1.87. The summed E-state index contributed by atoms with van der Waals surface area (Å²) in [7, 11) is 1.84. The Morgan fingerprint density at radius 3 is 2.61 bits per heavy atom. The van der Waals surface area contributed by atoms with Crippen LogP contribution in [0.3, 0.4) is 0 Å². The lowest BCUT2D eigenvalue weighted by Gasteiger charge is -2.48. The molecule has 1 fully saturated rings. The Labute approximate surface area is 111 Å². The summed E-state index contributed by atoms with van der Waals surface area (Å²) in [6, 6.07) is 1.89. The summed E-state index contributed by atoms with van der Waals surface area (Å²) in [5, 5.41) is 8.90. The molecule has 1 saturated heterocycles. The van der Waals surface area contributed by atoms with Crippen molar-refractivity contribution in [3.63, 3.8) is 0 Å². The van der Waals surface area contributed by atoms with Gasteiger partial charge in [0.2, 0.25) is 5.91 Å². The second kappa shape index (κ2) is 5.71. The summed E-state index contributed by atoms with van der Waals surface area (Å²) in [6.07, 6.45) is 1.35.